The molecule has 2 aliphatic rings. The van der Waals surface area contributed by atoms with E-state index in [4.69, 9.17) is 14.0 Å². The molecule has 6 nitrogen and oxygen atoms in total. The Hall–Kier alpha value is -1.43. The third-order valence-corrected chi connectivity index (χ3v) is 4.92. The zero-order chi connectivity index (χ0) is 14.9. The molecule has 2 saturated carbocycles. The molecule has 0 amide bonds. The van der Waals surface area contributed by atoms with E-state index in [0.29, 0.717) is 31.2 Å². The number of esters is 1. The van der Waals surface area contributed by atoms with Gasteiger partial charge >= 0.3 is 5.97 Å². The van der Waals surface area contributed by atoms with E-state index in [1.807, 2.05) is 6.92 Å². The van der Waals surface area contributed by atoms with E-state index >= 15 is 0 Å². The predicted molar refractivity (Wildman–Crippen MR) is 73.6 cm³/mol. The van der Waals surface area contributed by atoms with Crippen LogP contribution in [0, 0.1) is 0 Å². The lowest BCUT2D eigenvalue weighted by molar-refractivity contribution is -0.151. The number of ether oxygens (including phenoxy) is 2. The van der Waals surface area contributed by atoms with Crippen molar-refractivity contribution in [1.82, 2.24) is 10.1 Å². The van der Waals surface area contributed by atoms with Crippen LogP contribution in [0.1, 0.15) is 63.6 Å². The van der Waals surface area contributed by atoms with Crippen LogP contribution in [-0.4, -0.2) is 29.8 Å². The second-order valence-electron chi connectivity index (χ2n) is 5.98. The molecule has 21 heavy (non-hydrogen) atoms. The van der Waals surface area contributed by atoms with Crippen molar-refractivity contribution in [2.24, 2.45) is 0 Å². The number of nitrogens with zero attached hydrogens (tertiary/aromatic N) is 2. The van der Waals surface area contributed by atoms with Crippen molar-refractivity contribution in [3.63, 3.8) is 0 Å². The molecule has 0 spiro atoms. The topological polar surface area (TPSA) is 74.5 Å². The average Bonchev–Trinajstić information content (AvgIpc) is 3.08. The van der Waals surface area contributed by atoms with Crippen molar-refractivity contribution in [1.29, 1.82) is 0 Å². The molecule has 1 aromatic rings. The zero-order valence-electron chi connectivity index (χ0n) is 12.7. The average molecular weight is 294 g/mol. The van der Waals surface area contributed by atoms with Gasteiger partial charge < -0.3 is 14.0 Å². The summed E-state index contributed by atoms with van der Waals surface area (Å²) in [6.07, 6.45) is 6.28. The van der Waals surface area contributed by atoms with Gasteiger partial charge in [0, 0.05) is 7.11 Å². The Kier molecular flexibility index (Phi) is 3.73. The Morgan fingerprint density at radius 2 is 1.95 bits per heavy atom. The molecule has 0 aliphatic heterocycles. The molecule has 3 rings (SSSR count). The maximum atomic E-state index is 12.4. The first kappa shape index (κ1) is 14.5. The van der Waals surface area contributed by atoms with Gasteiger partial charge in [-0.3, -0.25) is 4.79 Å². The van der Waals surface area contributed by atoms with Crippen molar-refractivity contribution in [3.05, 3.63) is 11.7 Å². The van der Waals surface area contributed by atoms with Crippen LogP contribution in [0.2, 0.25) is 0 Å². The fraction of sp³-hybridized carbons (Fsp3) is 0.800. The number of methoxy groups -OCH3 is 1. The molecule has 2 fully saturated rings. The second-order valence-corrected chi connectivity index (χ2v) is 5.98. The van der Waals surface area contributed by atoms with Crippen LogP contribution in [0.3, 0.4) is 0 Å². The summed E-state index contributed by atoms with van der Waals surface area (Å²) >= 11 is 0. The first-order valence-electron chi connectivity index (χ1n) is 7.74. The highest BCUT2D eigenvalue weighted by atomic mass is 16.5. The molecular weight excluding hydrogens is 272 g/mol. The lowest BCUT2D eigenvalue weighted by Gasteiger charge is -2.37. The largest absolute Gasteiger partial charge is 0.465 e. The van der Waals surface area contributed by atoms with Crippen LogP contribution in [-0.2, 0) is 25.3 Å². The van der Waals surface area contributed by atoms with E-state index in [9.17, 15) is 4.79 Å². The summed E-state index contributed by atoms with van der Waals surface area (Å²) in [6, 6.07) is 0. The molecule has 0 N–H and O–H groups in total. The molecule has 0 atom stereocenters. The fourth-order valence-corrected chi connectivity index (χ4v) is 3.37. The normalized spacial score (nSPS) is 22.8. The number of aromatic nitrogens is 2. The lowest BCUT2D eigenvalue weighted by atomic mass is 9.79. The van der Waals surface area contributed by atoms with Gasteiger partial charge in [0.25, 0.3) is 0 Å². The van der Waals surface area contributed by atoms with Crippen molar-refractivity contribution >= 4 is 5.97 Å². The Morgan fingerprint density at radius 3 is 2.48 bits per heavy atom. The number of carbonyl (C=O) groups excluding carboxylic acids is 1. The lowest BCUT2D eigenvalue weighted by Crippen LogP contribution is -2.38. The highest BCUT2D eigenvalue weighted by molar-refractivity contribution is 5.82. The molecule has 0 unspecified atom stereocenters. The van der Waals surface area contributed by atoms with Crippen LogP contribution in [0.5, 0.6) is 0 Å². The molecule has 116 valence electrons. The van der Waals surface area contributed by atoms with Gasteiger partial charge in [0.05, 0.1) is 6.61 Å². The number of carbonyl (C=O) groups is 1. The van der Waals surface area contributed by atoms with Crippen LogP contribution >= 0.6 is 0 Å². The van der Waals surface area contributed by atoms with Gasteiger partial charge in [-0.1, -0.05) is 18.0 Å². The minimum absolute atomic E-state index is 0.238. The summed E-state index contributed by atoms with van der Waals surface area (Å²) in [5, 5.41) is 4.09. The van der Waals surface area contributed by atoms with E-state index in [-0.39, 0.29) is 5.97 Å². The zero-order valence-corrected chi connectivity index (χ0v) is 12.7. The molecule has 0 aromatic carbocycles. The Bertz CT molecular complexity index is 510. The fourth-order valence-electron chi connectivity index (χ4n) is 3.37. The van der Waals surface area contributed by atoms with Crippen molar-refractivity contribution in [2.45, 2.75) is 62.9 Å². The molecule has 2 aliphatic carbocycles. The molecule has 6 heteroatoms. The van der Waals surface area contributed by atoms with Crippen LogP contribution in [0.25, 0.3) is 0 Å². The summed E-state index contributed by atoms with van der Waals surface area (Å²) < 4.78 is 16.3. The number of rotatable bonds is 5. The van der Waals surface area contributed by atoms with Gasteiger partial charge in [-0.2, -0.15) is 4.98 Å². The van der Waals surface area contributed by atoms with Gasteiger partial charge in [-0.05, 0) is 39.0 Å². The highest BCUT2D eigenvalue weighted by Crippen LogP contribution is 2.45. The Balaban J connectivity index is 1.91. The molecule has 1 heterocycles. The maximum Gasteiger partial charge on any atom is 0.321 e. The van der Waals surface area contributed by atoms with E-state index < -0.39 is 11.0 Å². The van der Waals surface area contributed by atoms with Gasteiger partial charge in [0.15, 0.2) is 0 Å². The van der Waals surface area contributed by atoms with Gasteiger partial charge in [-0.25, -0.2) is 0 Å². The molecule has 0 bridgehead atoms. The molecule has 0 radical (unpaired) electrons. The first-order valence-corrected chi connectivity index (χ1v) is 7.74. The van der Waals surface area contributed by atoms with Crippen LogP contribution < -0.4 is 0 Å². The SMILES string of the molecule is CCOC(=O)C1(c2nc(C3(OC)CCC3)no2)CCCC1. The van der Waals surface area contributed by atoms with E-state index in [2.05, 4.69) is 10.1 Å². The Morgan fingerprint density at radius 1 is 1.24 bits per heavy atom. The third kappa shape index (κ3) is 2.16. The summed E-state index contributed by atoms with van der Waals surface area (Å²) in [5.41, 5.74) is -1.17. The van der Waals surface area contributed by atoms with Crippen LogP contribution in [0.4, 0.5) is 0 Å². The second kappa shape index (κ2) is 5.40. The summed E-state index contributed by atoms with van der Waals surface area (Å²) in [7, 11) is 1.67. The smallest absolute Gasteiger partial charge is 0.321 e. The van der Waals surface area contributed by atoms with E-state index in [1.54, 1.807) is 7.11 Å². The Labute approximate surface area is 124 Å². The summed E-state index contributed by atoms with van der Waals surface area (Å²) in [6.45, 7) is 2.18. The van der Waals surface area contributed by atoms with E-state index in [1.165, 1.54) is 0 Å². The van der Waals surface area contributed by atoms with Crippen molar-refractivity contribution in [3.8, 4) is 0 Å². The van der Waals surface area contributed by atoms with Crippen molar-refractivity contribution in [2.75, 3.05) is 13.7 Å². The maximum absolute atomic E-state index is 12.4. The van der Waals surface area contributed by atoms with Crippen molar-refractivity contribution < 1.29 is 18.8 Å². The minimum atomic E-state index is -0.750. The highest BCUT2D eigenvalue weighted by Gasteiger charge is 2.51. The number of hydrogen-bond donors (Lipinski definition) is 0. The monoisotopic (exact) mass is 294 g/mol. The number of hydrogen-bond acceptors (Lipinski definition) is 6. The van der Waals surface area contributed by atoms with E-state index in [0.717, 1.165) is 32.1 Å². The van der Waals surface area contributed by atoms with Crippen LogP contribution in [0.15, 0.2) is 4.52 Å². The standard InChI is InChI=1S/C15H22N2O4/c1-3-20-13(18)14(7-4-5-8-14)12-16-11(17-21-12)15(19-2)9-6-10-15/h3-10H2,1-2H3. The summed E-state index contributed by atoms with van der Waals surface area (Å²) in [4.78, 5) is 16.9. The molecule has 1 aromatic heterocycles. The third-order valence-electron chi connectivity index (χ3n) is 4.92. The molecule has 0 saturated heterocycles. The van der Waals surface area contributed by atoms with Gasteiger partial charge in [0.1, 0.15) is 11.0 Å². The molecular formula is C15H22N2O4. The summed E-state index contributed by atoms with van der Waals surface area (Å²) in [5.74, 6) is 0.733. The first-order chi connectivity index (χ1) is 10.2. The quantitative estimate of drug-likeness (QED) is 0.777. The van der Waals surface area contributed by atoms with Gasteiger partial charge in [-0.15, -0.1) is 0 Å². The van der Waals surface area contributed by atoms with Gasteiger partial charge in [0.2, 0.25) is 11.7 Å². The minimum Gasteiger partial charge on any atom is -0.465 e. The predicted octanol–water partition coefficient (Wildman–Crippen LogP) is 2.47.